The molecular weight excluding hydrogens is 639 g/mol. The minimum atomic E-state index is -1.53. The van der Waals surface area contributed by atoms with Gasteiger partial charge < -0.3 is 19.1 Å². The standard InChI is InChI=1S/C36H49NO8S2/c1-7-31(41)44-18-28(39)36(45-32(42)8-2)21(3)13-25-24-10-9-22-14-23(38)11-12-33(22,4)35(24,6)29(15-34(25,36)5)43-19-30(40)37-16-26-27(17-37)47-20-46-26/h11-12,14,21,24-27,29H,7-10,13,15-20H2,1-6H3. The zero-order valence-corrected chi connectivity index (χ0v) is 30.1. The number of carbonyl (C=O) groups is 5. The predicted octanol–water partition coefficient (Wildman–Crippen LogP) is 5.16. The second kappa shape index (κ2) is 12.7. The largest absolute Gasteiger partial charge is 0.457 e. The normalized spacial score (nSPS) is 41.8. The molecule has 0 radical (unpaired) electrons. The molecule has 0 spiro atoms. The molecule has 6 aliphatic rings. The van der Waals surface area contributed by atoms with Gasteiger partial charge in [0.15, 0.2) is 18.0 Å². The third-order valence-electron chi connectivity index (χ3n) is 13.1. The highest BCUT2D eigenvalue weighted by Crippen LogP contribution is 2.73. The number of thioether (sulfide) groups is 2. The fraction of sp³-hybridized carbons (Fsp3) is 0.750. The van der Waals surface area contributed by atoms with Crippen LogP contribution in [0.5, 0.6) is 0 Å². The first-order valence-electron chi connectivity index (χ1n) is 17.2. The van der Waals surface area contributed by atoms with Crippen molar-refractivity contribution in [2.24, 2.45) is 34.0 Å². The number of Topliss-reactive ketones (excluding diaryl/α,β-unsaturated/α-hetero) is 1. The SMILES string of the molecule is CCC(=O)OCC(=O)C1(OC(=O)CC)C(C)CC2C3CCC4=CC(=O)C=CC4(C)C3(C)C(OCC(=O)N3CC4SCSC4C3)CC21C. The Labute approximate surface area is 286 Å². The molecule has 3 saturated carbocycles. The van der Waals surface area contributed by atoms with Crippen molar-refractivity contribution in [3.8, 4) is 0 Å². The number of hydrogen-bond donors (Lipinski definition) is 0. The molecule has 4 aliphatic carbocycles. The van der Waals surface area contributed by atoms with Crippen LogP contribution in [-0.2, 0) is 38.2 Å². The summed E-state index contributed by atoms with van der Waals surface area (Å²) >= 11 is 3.83. The summed E-state index contributed by atoms with van der Waals surface area (Å²) in [6.07, 6.45) is 7.73. The summed E-state index contributed by atoms with van der Waals surface area (Å²) in [6, 6.07) is 0. The Bertz CT molecular complexity index is 1400. The molecule has 0 N–H and O–H groups in total. The Morgan fingerprint density at radius 1 is 0.979 bits per heavy atom. The Hall–Kier alpha value is -2.11. The topological polar surface area (TPSA) is 116 Å². The third kappa shape index (κ3) is 5.27. The smallest absolute Gasteiger partial charge is 0.306 e. The van der Waals surface area contributed by atoms with Gasteiger partial charge in [0, 0.05) is 63.7 Å². The first-order chi connectivity index (χ1) is 22.2. The van der Waals surface area contributed by atoms with E-state index in [1.807, 2.05) is 48.3 Å². The maximum absolute atomic E-state index is 14.4. The zero-order chi connectivity index (χ0) is 33.9. The van der Waals surface area contributed by atoms with Crippen LogP contribution in [0.25, 0.3) is 0 Å². The highest BCUT2D eigenvalue weighted by Gasteiger charge is 2.76. The summed E-state index contributed by atoms with van der Waals surface area (Å²) in [6.45, 7) is 12.7. The Kier molecular flexibility index (Phi) is 9.35. The molecule has 5 fully saturated rings. The van der Waals surface area contributed by atoms with Gasteiger partial charge in [-0.3, -0.25) is 24.0 Å². The van der Waals surface area contributed by atoms with Crippen LogP contribution < -0.4 is 0 Å². The van der Waals surface area contributed by atoms with Gasteiger partial charge in [-0.15, -0.1) is 23.5 Å². The van der Waals surface area contributed by atoms with Crippen molar-refractivity contribution >= 4 is 52.9 Å². The maximum atomic E-state index is 14.4. The van der Waals surface area contributed by atoms with E-state index >= 15 is 0 Å². The quantitative estimate of drug-likeness (QED) is 0.301. The van der Waals surface area contributed by atoms with Crippen LogP contribution in [0.3, 0.4) is 0 Å². The molecule has 1 amide bonds. The molecule has 47 heavy (non-hydrogen) atoms. The number of nitrogens with zero attached hydrogens (tertiary/aromatic N) is 1. The fourth-order valence-electron chi connectivity index (χ4n) is 10.4. The van der Waals surface area contributed by atoms with Gasteiger partial charge in [0.2, 0.25) is 11.7 Å². The zero-order valence-electron chi connectivity index (χ0n) is 28.5. The van der Waals surface area contributed by atoms with Gasteiger partial charge >= 0.3 is 11.9 Å². The summed E-state index contributed by atoms with van der Waals surface area (Å²) in [4.78, 5) is 67.9. The van der Waals surface area contributed by atoms with E-state index in [9.17, 15) is 24.0 Å². The lowest BCUT2D eigenvalue weighted by Crippen LogP contribution is -2.68. The van der Waals surface area contributed by atoms with Gasteiger partial charge in [-0.05, 0) is 49.7 Å². The van der Waals surface area contributed by atoms with E-state index in [1.165, 1.54) is 0 Å². The first-order valence-corrected chi connectivity index (χ1v) is 19.3. The Morgan fingerprint density at radius 2 is 1.66 bits per heavy atom. The summed E-state index contributed by atoms with van der Waals surface area (Å²) in [5, 5.41) is 1.98. The van der Waals surface area contributed by atoms with Crippen LogP contribution in [0.2, 0.25) is 0 Å². The number of carbonyl (C=O) groups excluding carboxylic acids is 5. The van der Waals surface area contributed by atoms with Crippen molar-refractivity contribution in [2.75, 3.05) is 31.4 Å². The number of esters is 2. The van der Waals surface area contributed by atoms with Crippen LogP contribution in [0, 0.1) is 34.0 Å². The van der Waals surface area contributed by atoms with Crippen LogP contribution in [0.1, 0.15) is 80.1 Å². The van der Waals surface area contributed by atoms with Gasteiger partial charge in [0.1, 0.15) is 6.61 Å². The number of allylic oxidation sites excluding steroid dienone is 4. The Balaban J connectivity index is 1.39. The lowest BCUT2D eigenvalue weighted by Gasteiger charge is -2.66. The predicted molar refractivity (Wildman–Crippen MR) is 180 cm³/mol. The highest BCUT2D eigenvalue weighted by molar-refractivity contribution is 8.19. The molecule has 6 rings (SSSR count). The molecule has 10 atom stereocenters. The average molecular weight is 688 g/mol. The lowest BCUT2D eigenvalue weighted by molar-refractivity contribution is -0.230. The van der Waals surface area contributed by atoms with E-state index in [0.717, 1.165) is 36.6 Å². The van der Waals surface area contributed by atoms with Crippen LogP contribution in [0.4, 0.5) is 0 Å². The summed E-state index contributed by atoms with van der Waals surface area (Å²) in [5.41, 5.74) is -2.33. The van der Waals surface area contributed by atoms with Crippen molar-refractivity contribution in [2.45, 2.75) is 102 Å². The van der Waals surface area contributed by atoms with E-state index in [4.69, 9.17) is 14.2 Å². The van der Waals surface area contributed by atoms with Crippen molar-refractivity contribution in [1.29, 1.82) is 0 Å². The second-order valence-corrected chi connectivity index (χ2v) is 17.8. The summed E-state index contributed by atoms with van der Waals surface area (Å²) in [5.74, 6) is -1.74. The third-order valence-corrected chi connectivity index (χ3v) is 16.2. The van der Waals surface area contributed by atoms with Gasteiger partial charge in [-0.1, -0.05) is 53.2 Å². The molecule has 0 aromatic carbocycles. The van der Waals surface area contributed by atoms with E-state index in [-0.39, 0.29) is 48.9 Å². The minimum absolute atomic E-state index is 0.0182. The maximum Gasteiger partial charge on any atom is 0.306 e. The molecule has 0 aromatic rings. The second-order valence-electron chi connectivity index (χ2n) is 15.0. The van der Waals surface area contributed by atoms with Crippen molar-refractivity contribution in [1.82, 2.24) is 4.90 Å². The van der Waals surface area contributed by atoms with E-state index in [0.29, 0.717) is 23.3 Å². The molecule has 11 heteroatoms. The molecule has 0 aromatic heterocycles. The number of ether oxygens (including phenoxy) is 3. The van der Waals surface area contributed by atoms with Gasteiger partial charge in [0.25, 0.3) is 0 Å². The van der Waals surface area contributed by atoms with E-state index in [2.05, 4.69) is 13.8 Å². The number of likely N-dealkylation sites (tertiary alicyclic amines) is 1. The molecule has 10 unspecified atom stereocenters. The summed E-state index contributed by atoms with van der Waals surface area (Å²) in [7, 11) is 0. The molecule has 2 aliphatic heterocycles. The molecule has 2 saturated heterocycles. The number of ketones is 2. The highest BCUT2D eigenvalue weighted by atomic mass is 32.2. The van der Waals surface area contributed by atoms with Crippen LogP contribution in [0.15, 0.2) is 23.8 Å². The fourth-order valence-corrected chi connectivity index (χ4v) is 13.7. The number of rotatable bonds is 9. The number of hydrogen-bond acceptors (Lipinski definition) is 10. The Morgan fingerprint density at radius 3 is 2.32 bits per heavy atom. The molecular formula is C36H49NO8S2. The molecule has 258 valence electrons. The van der Waals surface area contributed by atoms with Gasteiger partial charge in [-0.25, -0.2) is 0 Å². The van der Waals surface area contributed by atoms with Crippen LogP contribution >= 0.6 is 23.5 Å². The monoisotopic (exact) mass is 687 g/mol. The van der Waals surface area contributed by atoms with E-state index in [1.54, 1.807) is 26.0 Å². The average Bonchev–Trinajstić information content (AvgIpc) is 3.71. The van der Waals surface area contributed by atoms with E-state index < -0.39 is 52.3 Å². The minimum Gasteiger partial charge on any atom is -0.457 e. The summed E-state index contributed by atoms with van der Waals surface area (Å²) < 4.78 is 18.5. The molecule has 9 nitrogen and oxygen atoms in total. The van der Waals surface area contributed by atoms with Gasteiger partial charge in [0.05, 0.1) is 6.10 Å². The number of fused-ring (bicyclic) bond motifs is 6. The van der Waals surface area contributed by atoms with Crippen LogP contribution in [-0.4, -0.2) is 87.9 Å². The lowest BCUT2D eigenvalue weighted by atomic mass is 9.39. The van der Waals surface area contributed by atoms with Crippen molar-refractivity contribution in [3.05, 3.63) is 23.8 Å². The first kappa shape index (κ1) is 34.7. The molecule has 2 heterocycles. The number of amides is 1. The van der Waals surface area contributed by atoms with Crippen molar-refractivity contribution < 1.29 is 38.2 Å². The van der Waals surface area contributed by atoms with Gasteiger partial charge in [-0.2, -0.15) is 0 Å². The molecule has 0 bridgehead atoms. The van der Waals surface area contributed by atoms with Crippen molar-refractivity contribution in [3.63, 3.8) is 0 Å².